The molecule has 1 aliphatic heterocycles. The van der Waals surface area contributed by atoms with Gasteiger partial charge in [0, 0.05) is 23.3 Å². The van der Waals surface area contributed by atoms with E-state index in [1.165, 1.54) is 18.2 Å². The maximum Gasteiger partial charge on any atom is 0.426 e. The van der Waals surface area contributed by atoms with Crippen LogP contribution in [0.5, 0.6) is 5.75 Å². The Bertz CT molecular complexity index is 1790. The van der Waals surface area contributed by atoms with Crippen LogP contribution in [0.4, 0.5) is 43.9 Å². The molecule has 0 aliphatic carbocycles. The second-order valence-electron chi connectivity index (χ2n) is 11.4. The lowest BCUT2D eigenvalue weighted by molar-refractivity contribution is -0.201. The van der Waals surface area contributed by atoms with Gasteiger partial charge in [-0.2, -0.15) is 8.78 Å². The average molecular weight is 699 g/mol. The Balaban J connectivity index is 1.25. The first-order valence-electron chi connectivity index (χ1n) is 15.2. The molecule has 0 amide bonds. The lowest BCUT2D eigenvalue weighted by Crippen LogP contribution is -2.28. The smallest absolute Gasteiger partial charge is 0.426 e. The van der Waals surface area contributed by atoms with E-state index in [1.54, 1.807) is 0 Å². The summed E-state index contributed by atoms with van der Waals surface area (Å²) < 4.78 is 160. The van der Waals surface area contributed by atoms with Crippen molar-refractivity contribution in [2.75, 3.05) is 13.2 Å². The molecular weight excluding hydrogens is 670 g/mol. The molecule has 4 aromatic carbocycles. The summed E-state index contributed by atoms with van der Waals surface area (Å²) in [6.07, 6.45) is -1.77. The minimum absolute atomic E-state index is 0.0417. The summed E-state index contributed by atoms with van der Waals surface area (Å²) in [7, 11) is 0. The third-order valence-corrected chi connectivity index (χ3v) is 7.87. The molecule has 0 unspecified atom stereocenters. The fraction of sp³-hybridized carbons (Fsp3) is 0.278. The summed E-state index contributed by atoms with van der Waals surface area (Å²) in [5, 5.41) is 0. The van der Waals surface area contributed by atoms with Gasteiger partial charge in [-0.25, -0.2) is 35.1 Å². The Morgan fingerprint density at radius 2 is 1.37 bits per heavy atom. The van der Waals surface area contributed by atoms with Gasteiger partial charge in [0.25, 0.3) is 0 Å². The molecule has 0 bridgehead atoms. The number of unbranched alkanes of at least 4 members (excludes halogenated alkanes) is 2. The van der Waals surface area contributed by atoms with E-state index in [9.17, 15) is 35.1 Å². The van der Waals surface area contributed by atoms with Crippen LogP contribution in [-0.4, -0.2) is 13.2 Å². The van der Waals surface area contributed by atoms with E-state index in [1.807, 2.05) is 6.92 Å². The van der Waals surface area contributed by atoms with Crippen molar-refractivity contribution in [3.63, 3.8) is 0 Å². The van der Waals surface area contributed by atoms with Gasteiger partial charge in [-0.05, 0) is 54.3 Å². The Labute approximate surface area is 274 Å². The summed E-state index contributed by atoms with van der Waals surface area (Å²) in [5.41, 5.74) is -1.74. The fourth-order valence-corrected chi connectivity index (χ4v) is 5.23. The molecule has 1 saturated heterocycles. The van der Waals surface area contributed by atoms with Crippen LogP contribution in [0.2, 0.25) is 0 Å². The second kappa shape index (κ2) is 15.0. The van der Waals surface area contributed by atoms with Gasteiger partial charge in [0.2, 0.25) is 0 Å². The van der Waals surface area contributed by atoms with Crippen molar-refractivity contribution in [1.29, 1.82) is 0 Å². The SMILES string of the molecule is CCCCCc1ccc(C(F)(F)Oc2cc(F)c(C(F)=C(F)C3COC(c4ccc(-c5cc(F)c(F)c(F)c5)c(F)c4)OC3)c(F)c2)cc1. The fourth-order valence-electron chi connectivity index (χ4n) is 5.23. The first kappa shape index (κ1) is 35.9. The normalized spacial score (nSPS) is 17.2. The second-order valence-corrected chi connectivity index (χ2v) is 11.4. The van der Waals surface area contributed by atoms with E-state index in [0.29, 0.717) is 30.7 Å². The van der Waals surface area contributed by atoms with Gasteiger partial charge in [-0.15, -0.1) is 0 Å². The molecule has 0 saturated carbocycles. The zero-order valence-corrected chi connectivity index (χ0v) is 25.8. The van der Waals surface area contributed by atoms with Crippen LogP contribution < -0.4 is 4.74 Å². The molecule has 0 spiro atoms. The van der Waals surface area contributed by atoms with Crippen LogP contribution in [0.1, 0.15) is 54.7 Å². The molecule has 260 valence electrons. The Kier molecular flexibility index (Phi) is 11.0. The molecule has 1 heterocycles. The van der Waals surface area contributed by atoms with Crippen molar-refractivity contribution in [3.05, 3.63) is 130 Å². The summed E-state index contributed by atoms with van der Waals surface area (Å²) in [6.45, 7) is 0.855. The van der Waals surface area contributed by atoms with Crippen LogP contribution in [0.25, 0.3) is 17.0 Å². The van der Waals surface area contributed by atoms with Gasteiger partial charge in [-0.1, -0.05) is 44.0 Å². The van der Waals surface area contributed by atoms with Crippen molar-refractivity contribution in [1.82, 2.24) is 0 Å². The maximum atomic E-state index is 15.1. The summed E-state index contributed by atoms with van der Waals surface area (Å²) >= 11 is 0. The highest BCUT2D eigenvalue weighted by molar-refractivity contribution is 5.65. The molecule has 0 atom stereocenters. The molecule has 0 aromatic heterocycles. The van der Waals surface area contributed by atoms with Gasteiger partial charge < -0.3 is 14.2 Å². The maximum absolute atomic E-state index is 15.1. The van der Waals surface area contributed by atoms with E-state index in [0.717, 1.165) is 49.1 Å². The Hall–Kier alpha value is -4.36. The lowest BCUT2D eigenvalue weighted by Gasteiger charge is -2.29. The van der Waals surface area contributed by atoms with Crippen LogP contribution in [0, 0.1) is 40.8 Å². The number of halogens is 10. The topological polar surface area (TPSA) is 27.7 Å². The molecule has 0 radical (unpaired) electrons. The van der Waals surface area contributed by atoms with Gasteiger partial charge in [0.1, 0.15) is 29.0 Å². The van der Waals surface area contributed by atoms with Crippen LogP contribution in [0.3, 0.4) is 0 Å². The quantitative estimate of drug-likeness (QED) is 0.0887. The zero-order chi connectivity index (χ0) is 35.5. The van der Waals surface area contributed by atoms with E-state index < -0.39 is 95.0 Å². The molecule has 49 heavy (non-hydrogen) atoms. The number of benzene rings is 4. The van der Waals surface area contributed by atoms with Gasteiger partial charge in [-0.3, -0.25) is 0 Å². The van der Waals surface area contributed by atoms with Gasteiger partial charge in [0.05, 0.1) is 30.3 Å². The molecular formula is C36H28F10O3. The van der Waals surface area contributed by atoms with Crippen molar-refractivity contribution in [3.8, 4) is 16.9 Å². The van der Waals surface area contributed by atoms with Crippen molar-refractivity contribution in [2.24, 2.45) is 5.92 Å². The van der Waals surface area contributed by atoms with Crippen molar-refractivity contribution in [2.45, 2.75) is 45.0 Å². The first-order chi connectivity index (χ1) is 23.3. The van der Waals surface area contributed by atoms with E-state index in [-0.39, 0.29) is 16.7 Å². The van der Waals surface area contributed by atoms with Crippen molar-refractivity contribution < 1.29 is 58.1 Å². The highest BCUT2D eigenvalue weighted by Gasteiger charge is 2.36. The van der Waals surface area contributed by atoms with Crippen molar-refractivity contribution >= 4 is 5.83 Å². The van der Waals surface area contributed by atoms with E-state index in [4.69, 9.17) is 9.47 Å². The number of aryl methyl sites for hydroxylation is 1. The summed E-state index contributed by atoms with van der Waals surface area (Å²) in [4.78, 5) is 0. The highest BCUT2D eigenvalue weighted by Crippen LogP contribution is 2.38. The Morgan fingerprint density at radius 1 is 0.755 bits per heavy atom. The highest BCUT2D eigenvalue weighted by atomic mass is 19.3. The summed E-state index contributed by atoms with van der Waals surface area (Å²) in [5.74, 6) is -15.3. The largest absolute Gasteiger partial charge is 0.429 e. The molecule has 1 aliphatic rings. The van der Waals surface area contributed by atoms with Gasteiger partial charge >= 0.3 is 6.11 Å². The lowest BCUT2D eigenvalue weighted by atomic mass is 10.0. The minimum atomic E-state index is -4.00. The predicted molar refractivity (Wildman–Crippen MR) is 160 cm³/mol. The third-order valence-electron chi connectivity index (χ3n) is 7.87. The number of rotatable bonds is 11. The molecule has 13 heteroatoms. The first-order valence-corrected chi connectivity index (χ1v) is 15.2. The third kappa shape index (κ3) is 8.10. The standard InChI is InChI=1S/C36H28F10O3/c1-2-3-4-5-19-6-9-23(10-7-19)36(45,46)49-24-15-27(38)31(28(39)16-24)34(44)32(42)22-17-47-35(48-18-22)20-8-11-25(26(37)12-20)21-13-29(40)33(43)30(41)14-21/h6-16,22,35H,2-5,17-18H2,1H3. The van der Waals surface area contributed by atoms with Crippen LogP contribution in [0.15, 0.2) is 72.6 Å². The molecule has 1 fully saturated rings. The van der Waals surface area contributed by atoms with Gasteiger partial charge in [0.15, 0.2) is 29.6 Å². The number of hydrogen-bond donors (Lipinski definition) is 0. The summed E-state index contributed by atoms with van der Waals surface area (Å²) in [6, 6.07) is 10.3. The Morgan fingerprint density at radius 3 is 1.94 bits per heavy atom. The van der Waals surface area contributed by atoms with Crippen LogP contribution >= 0.6 is 0 Å². The number of ether oxygens (including phenoxy) is 3. The minimum Gasteiger partial charge on any atom is -0.429 e. The molecule has 5 rings (SSSR count). The molecule has 4 aromatic rings. The van der Waals surface area contributed by atoms with E-state index >= 15 is 8.78 Å². The molecule has 0 N–H and O–H groups in total. The zero-order valence-electron chi connectivity index (χ0n) is 25.8. The monoisotopic (exact) mass is 698 g/mol. The average Bonchev–Trinajstić information content (AvgIpc) is 3.06. The number of alkyl halides is 2. The predicted octanol–water partition coefficient (Wildman–Crippen LogP) is 11.0. The number of hydrogen-bond acceptors (Lipinski definition) is 3. The molecule has 3 nitrogen and oxygen atoms in total. The van der Waals surface area contributed by atoms with E-state index in [2.05, 4.69) is 4.74 Å². The van der Waals surface area contributed by atoms with Crippen LogP contribution in [-0.2, 0) is 22.0 Å².